The molecule has 2 unspecified atom stereocenters. The first-order valence-corrected chi connectivity index (χ1v) is 7.25. The summed E-state index contributed by atoms with van der Waals surface area (Å²) in [7, 11) is 0. The SMILES string of the molecule is NCC(c1ccc(Cl)cc1)C(O)c1ccc(Cl)c(Cl)c1. The van der Waals surface area contributed by atoms with E-state index in [0.29, 0.717) is 27.2 Å². The van der Waals surface area contributed by atoms with Crippen molar-refractivity contribution in [3.63, 3.8) is 0 Å². The third-order valence-corrected chi connectivity index (χ3v) is 4.21. The second-order valence-corrected chi connectivity index (χ2v) is 5.76. The Morgan fingerprint density at radius 3 is 2.05 bits per heavy atom. The first-order valence-electron chi connectivity index (χ1n) is 6.11. The normalized spacial score (nSPS) is 14.1. The van der Waals surface area contributed by atoms with Crippen LogP contribution in [0.2, 0.25) is 15.1 Å². The second-order valence-electron chi connectivity index (χ2n) is 4.51. The van der Waals surface area contributed by atoms with Crippen molar-refractivity contribution in [3.05, 3.63) is 68.7 Å². The van der Waals surface area contributed by atoms with Crippen molar-refractivity contribution in [1.82, 2.24) is 0 Å². The lowest BCUT2D eigenvalue weighted by Crippen LogP contribution is -2.20. The van der Waals surface area contributed by atoms with Crippen LogP contribution in [0, 0.1) is 0 Å². The average Bonchev–Trinajstić information content (AvgIpc) is 2.44. The Hall–Kier alpha value is -0.770. The number of halogens is 3. The van der Waals surface area contributed by atoms with Crippen molar-refractivity contribution in [2.45, 2.75) is 12.0 Å². The number of nitrogens with two attached hydrogens (primary N) is 1. The van der Waals surface area contributed by atoms with Gasteiger partial charge in [0.2, 0.25) is 0 Å². The Labute approximate surface area is 133 Å². The molecule has 0 aliphatic carbocycles. The third kappa shape index (κ3) is 3.46. The van der Waals surface area contributed by atoms with Gasteiger partial charge >= 0.3 is 0 Å². The van der Waals surface area contributed by atoms with Crippen LogP contribution in [0.5, 0.6) is 0 Å². The van der Waals surface area contributed by atoms with Crippen molar-refractivity contribution in [1.29, 1.82) is 0 Å². The van der Waals surface area contributed by atoms with Gasteiger partial charge in [-0.15, -0.1) is 0 Å². The van der Waals surface area contributed by atoms with E-state index in [1.807, 2.05) is 12.1 Å². The van der Waals surface area contributed by atoms with Gasteiger partial charge in [-0.3, -0.25) is 0 Å². The molecular formula is C15H14Cl3NO. The minimum atomic E-state index is -0.754. The van der Waals surface area contributed by atoms with Gasteiger partial charge < -0.3 is 10.8 Å². The highest BCUT2D eigenvalue weighted by Crippen LogP contribution is 2.33. The van der Waals surface area contributed by atoms with E-state index in [2.05, 4.69) is 0 Å². The number of benzene rings is 2. The highest BCUT2D eigenvalue weighted by molar-refractivity contribution is 6.42. The Kier molecular flexibility index (Phi) is 5.30. The van der Waals surface area contributed by atoms with Crippen LogP contribution in [0.4, 0.5) is 0 Å². The smallest absolute Gasteiger partial charge is 0.0871 e. The van der Waals surface area contributed by atoms with Crippen LogP contribution in [0.15, 0.2) is 42.5 Å². The predicted octanol–water partition coefficient (Wildman–Crippen LogP) is 4.42. The monoisotopic (exact) mass is 329 g/mol. The van der Waals surface area contributed by atoms with Crippen LogP contribution in [0.1, 0.15) is 23.1 Å². The lowest BCUT2D eigenvalue weighted by molar-refractivity contribution is 0.147. The fourth-order valence-electron chi connectivity index (χ4n) is 2.09. The summed E-state index contributed by atoms with van der Waals surface area (Å²) in [4.78, 5) is 0. The molecule has 0 aromatic heterocycles. The quantitative estimate of drug-likeness (QED) is 0.871. The summed E-state index contributed by atoms with van der Waals surface area (Å²) in [6, 6.07) is 12.4. The van der Waals surface area contributed by atoms with Crippen molar-refractivity contribution >= 4 is 34.8 Å². The van der Waals surface area contributed by atoms with Gasteiger partial charge in [-0.25, -0.2) is 0 Å². The molecule has 2 atom stereocenters. The van der Waals surface area contributed by atoms with Gasteiger partial charge in [0.15, 0.2) is 0 Å². The summed E-state index contributed by atoms with van der Waals surface area (Å²) in [6.07, 6.45) is -0.754. The molecule has 0 heterocycles. The molecule has 0 spiro atoms. The molecule has 2 nitrogen and oxygen atoms in total. The summed E-state index contributed by atoms with van der Waals surface area (Å²) in [5, 5.41) is 12.0. The maximum Gasteiger partial charge on any atom is 0.0871 e. The van der Waals surface area contributed by atoms with Crippen molar-refractivity contribution < 1.29 is 5.11 Å². The topological polar surface area (TPSA) is 46.2 Å². The summed E-state index contributed by atoms with van der Waals surface area (Å²) in [5.74, 6) is -0.232. The Morgan fingerprint density at radius 1 is 0.900 bits per heavy atom. The van der Waals surface area contributed by atoms with Crippen LogP contribution in [-0.4, -0.2) is 11.7 Å². The lowest BCUT2D eigenvalue weighted by Gasteiger charge is -2.22. The molecule has 0 fully saturated rings. The first-order chi connectivity index (χ1) is 9.52. The Balaban J connectivity index is 2.30. The van der Waals surface area contributed by atoms with Gasteiger partial charge in [0.05, 0.1) is 16.1 Å². The molecule has 2 aromatic carbocycles. The van der Waals surface area contributed by atoms with Crippen LogP contribution in [0.3, 0.4) is 0 Å². The van der Waals surface area contributed by atoms with E-state index in [4.69, 9.17) is 40.5 Å². The minimum Gasteiger partial charge on any atom is -0.388 e. The number of aliphatic hydroxyl groups is 1. The highest BCUT2D eigenvalue weighted by atomic mass is 35.5. The molecule has 0 saturated carbocycles. The minimum absolute atomic E-state index is 0.232. The molecule has 5 heteroatoms. The van der Waals surface area contributed by atoms with E-state index >= 15 is 0 Å². The molecule has 20 heavy (non-hydrogen) atoms. The van der Waals surface area contributed by atoms with E-state index in [9.17, 15) is 5.11 Å². The van der Waals surface area contributed by atoms with Crippen molar-refractivity contribution in [3.8, 4) is 0 Å². The fourth-order valence-corrected chi connectivity index (χ4v) is 2.52. The van der Waals surface area contributed by atoms with Gasteiger partial charge in [-0.2, -0.15) is 0 Å². The van der Waals surface area contributed by atoms with Crippen LogP contribution >= 0.6 is 34.8 Å². The number of hydrogen-bond acceptors (Lipinski definition) is 2. The maximum atomic E-state index is 10.5. The highest BCUT2D eigenvalue weighted by Gasteiger charge is 2.22. The van der Waals surface area contributed by atoms with Crippen molar-refractivity contribution in [2.24, 2.45) is 5.73 Å². The van der Waals surface area contributed by atoms with Gasteiger partial charge in [0.1, 0.15) is 0 Å². The van der Waals surface area contributed by atoms with Crippen molar-refractivity contribution in [2.75, 3.05) is 6.54 Å². The zero-order chi connectivity index (χ0) is 14.7. The lowest BCUT2D eigenvalue weighted by atomic mass is 9.89. The molecule has 0 aliphatic rings. The number of rotatable bonds is 4. The van der Waals surface area contributed by atoms with Crippen LogP contribution in [-0.2, 0) is 0 Å². The molecule has 0 bridgehead atoms. The van der Waals surface area contributed by atoms with E-state index in [-0.39, 0.29) is 5.92 Å². The molecule has 0 radical (unpaired) electrons. The number of aliphatic hydroxyl groups excluding tert-OH is 1. The molecule has 0 amide bonds. The van der Waals surface area contributed by atoms with E-state index < -0.39 is 6.10 Å². The standard InChI is InChI=1S/C15H14Cl3NO/c16-11-4-1-9(2-5-11)12(8-19)15(20)10-3-6-13(17)14(18)7-10/h1-7,12,15,20H,8,19H2. The Bertz CT molecular complexity index is 586. The first kappa shape index (κ1) is 15.6. The molecule has 0 saturated heterocycles. The zero-order valence-corrected chi connectivity index (χ0v) is 12.8. The van der Waals surface area contributed by atoms with E-state index in [0.717, 1.165) is 5.56 Å². The van der Waals surface area contributed by atoms with Gasteiger partial charge in [-0.1, -0.05) is 53.0 Å². The zero-order valence-electron chi connectivity index (χ0n) is 10.6. The fraction of sp³-hybridized carbons (Fsp3) is 0.200. The van der Waals surface area contributed by atoms with Crippen LogP contribution < -0.4 is 5.73 Å². The molecular weight excluding hydrogens is 317 g/mol. The molecule has 3 N–H and O–H groups in total. The average molecular weight is 331 g/mol. The third-order valence-electron chi connectivity index (χ3n) is 3.22. The number of hydrogen-bond donors (Lipinski definition) is 2. The molecule has 106 valence electrons. The largest absolute Gasteiger partial charge is 0.388 e. The predicted molar refractivity (Wildman–Crippen MR) is 84.7 cm³/mol. The summed E-state index contributed by atoms with van der Waals surface area (Å²) in [5.41, 5.74) is 7.41. The molecule has 2 aromatic rings. The second kappa shape index (κ2) is 6.79. The summed E-state index contributed by atoms with van der Waals surface area (Å²) < 4.78 is 0. The maximum absolute atomic E-state index is 10.5. The van der Waals surface area contributed by atoms with Gasteiger partial charge in [0, 0.05) is 17.5 Å². The van der Waals surface area contributed by atoms with E-state index in [1.165, 1.54) is 0 Å². The van der Waals surface area contributed by atoms with Gasteiger partial charge in [0.25, 0.3) is 0 Å². The van der Waals surface area contributed by atoms with Crippen LogP contribution in [0.25, 0.3) is 0 Å². The summed E-state index contributed by atoms with van der Waals surface area (Å²) >= 11 is 17.7. The van der Waals surface area contributed by atoms with E-state index in [1.54, 1.807) is 30.3 Å². The van der Waals surface area contributed by atoms with Gasteiger partial charge in [-0.05, 0) is 35.4 Å². The molecule has 2 rings (SSSR count). The molecule has 0 aliphatic heterocycles. The Morgan fingerprint density at radius 2 is 1.50 bits per heavy atom. The summed E-state index contributed by atoms with van der Waals surface area (Å²) in [6.45, 7) is 0.309.